The molecule has 0 fully saturated rings. The van der Waals surface area contributed by atoms with E-state index in [1.54, 1.807) is 7.11 Å². The summed E-state index contributed by atoms with van der Waals surface area (Å²) in [6.07, 6.45) is 2.14. The van der Waals surface area contributed by atoms with Gasteiger partial charge in [0.25, 0.3) is 0 Å². The lowest BCUT2D eigenvalue weighted by atomic mass is 9.98. The largest absolute Gasteiger partial charge is 0.497 e. The lowest BCUT2D eigenvalue weighted by Crippen LogP contribution is -2.33. The van der Waals surface area contributed by atoms with Gasteiger partial charge in [0.05, 0.1) is 20.3 Å². The van der Waals surface area contributed by atoms with Crippen LogP contribution in [0.1, 0.15) is 17.5 Å². The Morgan fingerprint density at radius 3 is 2.50 bits per heavy atom. The summed E-state index contributed by atoms with van der Waals surface area (Å²) in [6.45, 7) is 2.24. The summed E-state index contributed by atoms with van der Waals surface area (Å²) in [6, 6.07) is 12.2. The van der Waals surface area contributed by atoms with Crippen molar-refractivity contribution in [3.05, 3.63) is 47.5 Å². The van der Waals surface area contributed by atoms with Crippen molar-refractivity contribution in [3.63, 3.8) is 0 Å². The first-order valence-corrected chi connectivity index (χ1v) is 7.64. The summed E-state index contributed by atoms with van der Waals surface area (Å²) in [4.78, 5) is 2.23. The van der Waals surface area contributed by atoms with Crippen LogP contribution in [0.3, 0.4) is 0 Å². The number of fused-ring (bicyclic) bond motifs is 3. The van der Waals surface area contributed by atoms with Crippen LogP contribution >= 0.6 is 0 Å². The molecule has 0 atom stereocenters. The van der Waals surface area contributed by atoms with Crippen LogP contribution < -0.4 is 19.1 Å². The Bertz CT molecular complexity index is 681. The minimum atomic E-state index is 0.568. The number of hydrogen-bond acceptors (Lipinski definition) is 4. The van der Waals surface area contributed by atoms with Gasteiger partial charge in [0.15, 0.2) is 6.73 Å². The fourth-order valence-corrected chi connectivity index (χ4v) is 3.14. The number of ether oxygens (including phenoxy) is 3. The predicted molar refractivity (Wildman–Crippen MR) is 84.9 cm³/mol. The van der Waals surface area contributed by atoms with Crippen LogP contribution in [-0.2, 0) is 13.0 Å². The highest BCUT2D eigenvalue weighted by molar-refractivity contribution is 5.56. The molecule has 0 N–H and O–H groups in total. The Kier molecular flexibility index (Phi) is 3.29. The van der Waals surface area contributed by atoms with Crippen molar-refractivity contribution in [2.75, 3.05) is 25.3 Å². The van der Waals surface area contributed by atoms with E-state index in [-0.39, 0.29) is 0 Å². The van der Waals surface area contributed by atoms with Crippen molar-refractivity contribution < 1.29 is 14.2 Å². The van der Waals surface area contributed by atoms with E-state index >= 15 is 0 Å². The van der Waals surface area contributed by atoms with Gasteiger partial charge in [-0.3, -0.25) is 0 Å². The standard InChI is InChI=1S/C18H19NO3/c1-20-14-6-4-13(5-7-14)19-11-16-15-3-2-10-21-17(15)8-9-18(16)22-12-19/h4-9H,2-3,10-12H2,1H3. The van der Waals surface area contributed by atoms with Crippen molar-refractivity contribution in [1.29, 1.82) is 0 Å². The van der Waals surface area contributed by atoms with Crippen LogP contribution in [0, 0.1) is 0 Å². The SMILES string of the molecule is COc1ccc(N2COc3ccc4c(c3C2)CCCO4)cc1. The molecule has 4 rings (SSSR count). The third-order valence-electron chi connectivity index (χ3n) is 4.34. The summed E-state index contributed by atoms with van der Waals surface area (Å²) in [5.41, 5.74) is 3.71. The number of benzene rings is 2. The topological polar surface area (TPSA) is 30.9 Å². The number of rotatable bonds is 2. The van der Waals surface area contributed by atoms with Crippen LogP contribution in [-0.4, -0.2) is 20.4 Å². The highest BCUT2D eigenvalue weighted by atomic mass is 16.5. The van der Waals surface area contributed by atoms with Gasteiger partial charge in [0.1, 0.15) is 17.2 Å². The lowest BCUT2D eigenvalue weighted by molar-refractivity contribution is 0.270. The molecule has 4 nitrogen and oxygen atoms in total. The van der Waals surface area contributed by atoms with Gasteiger partial charge in [-0.1, -0.05) is 0 Å². The second-order valence-electron chi connectivity index (χ2n) is 5.64. The first kappa shape index (κ1) is 13.3. The maximum absolute atomic E-state index is 5.95. The molecule has 2 aromatic rings. The maximum Gasteiger partial charge on any atom is 0.161 e. The Hall–Kier alpha value is -2.36. The van der Waals surface area contributed by atoms with Gasteiger partial charge in [-0.05, 0) is 49.2 Å². The minimum Gasteiger partial charge on any atom is -0.497 e. The summed E-state index contributed by atoms with van der Waals surface area (Å²) >= 11 is 0. The Labute approximate surface area is 130 Å². The van der Waals surface area contributed by atoms with E-state index < -0.39 is 0 Å². The maximum atomic E-state index is 5.95. The van der Waals surface area contributed by atoms with Gasteiger partial charge in [-0.15, -0.1) is 0 Å². The molecule has 2 heterocycles. The molecular weight excluding hydrogens is 278 g/mol. The molecular formula is C18H19NO3. The van der Waals surface area contributed by atoms with Gasteiger partial charge in [-0.25, -0.2) is 0 Å². The van der Waals surface area contributed by atoms with Gasteiger partial charge < -0.3 is 19.1 Å². The molecule has 0 radical (unpaired) electrons. The van der Waals surface area contributed by atoms with Crippen molar-refractivity contribution >= 4 is 5.69 Å². The summed E-state index contributed by atoms with van der Waals surface area (Å²) < 4.78 is 16.9. The van der Waals surface area contributed by atoms with Crippen molar-refractivity contribution in [2.45, 2.75) is 19.4 Å². The van der Waals surface area contributed by atoms with Crippen LogP contribution in [0.4, 0.5) is 5.69 Å². The Morgan fingerprint density at radius 1 is 0.955 bits per heavy atom. The zero-order valence-corrected chi connectivity index (χ0v) is 12.7. The van der Waals surface area contributed by atoms with Gasteiger partial charge in [-0.2, -0.15) is 0 Å². The van der Waals surface area contributed by atoms with Crippen LogP contribution in [0.2, 0.25) is 0 Å². The average Bonchev–Trinajstić information content (AvgIpc) is 2.61. The third kappa shape index (κ3) is 2.25. The molecule has 2 aliphatic heterocycles. The van der Waals surface area contributed by atoms with Crippen molar-refractivity contribution in [1.82, 2.24) is 0 Å². The van der Waals surface area contributed by atoms with E-state index in [1.807, 2.05) is 24.3 Å². The fraction of sp³-hybridized carbons (Fsp3) is 0.333. The quantitative estimate of drug-likeness (QED) is 0.850. The van der Waals surface area contributed by atoms with E-state index in [2.05, 4.69) is 17.0 Å². The third-order valence-corrected chi connectivity index (χ3v) is 4.34. The van der Waals surface area contributed by atoms with Crippen LogP contribution in [0.25, 0.3) is 0 Å². The van der Waals surface area contributed by atoms with E-state index in [9.17, 15) is 0 Å². The number of hydrogen-bond donors (Lipinski definition) is 0. The molecule has 0 amide bonds. The second kappa shape index (κ2) is 5.44. The molecule has 0 aromatic heterocycles. The molecule has 0 saturated heterocycles. The molecule has 0 aliphatic carbocycles. The summed E-state index contributed by atoms with van der Waals surface area (Å²) in [5, 5.41) is 0. The van der Waals surface area contributed by atoms with E-state index in [1.165, 1.54) is 11.1 Å². The minimum absolute atomic E-state index is 0.568. The van der Waals surface area contributed by atoms with Crippen molar-refractivity contribution in [3.8, 4) is 17.2 Å². The highest BCUT2D eigenvalue weighted by Gasteiger charge is 2.24. The highest BCUT2D eigenvalue weighted by Crippen LogP contribution is 2.38. The predicted octanol–water partition coefficient (Wildman–Crippen LogP) is 3.38. The molecule has 2 aromatic carbocycles. The molecule has 0 saturated carbocycles. The number of nitrogens with zero attached hydrogens (tertiary/aromatic N) is 1. The monoisotopic (exact) mass is 297 g/mol. The van der Waals surface area contributed by atoms with E-state index in [4.69, 9.17) is 14.2 Å². The van der Waals surface area contributed by atoms with Crippen LogP contribution in [0.15, 0.2) is 36.4 Å². The fourth-order valence-electron chi connectivity index (χ4n) is 3.14. The van der Waals surface area contributed by atoms with Gasteiger partial charge in [0.2, 0.25) is 0 Å². The summed E-state index contributed by atoms with van der Waals surface area (Å²) in [7, 11) is 1.68. The van der Waals surface area contributed by atoms with E-state index in [0.717, 1.165) is 48.9 Å². The first-order chi connectivity index (χ1) is 10.8. The Morgan fingerprint density at radius 2 is 1.73 bits per heavy atom. The molecule has 114 valence electrons. The molecule has 0 unspecified atom stereocenters. The summed E-state index contributed by atoms with van der Waals surface area (Å²) in [5.74, 6) is 2.88. The normalized spacial score (nSPS) is 16.1. The zero-order chi connectivity index (χ0) is 14.9. The molecule has 0 spiro atoms. The smallest absolute Gasteiger partial charge is 0.161 e. The number of anilines is 1. The van der Waals surface area contributed by atoms with E-state index in [0.29, 0.717) is 6.73 Å². The molecule has 0 bridgehead atoms. The number of methoxy groups -OCH3 is 1. The lowest BCUT2D eigenvalue weighted by Gasteiger charge is -2.33. The van der Waals surface area contributed by atoms with Crippen molar-refractivity contribution in [2.24, 2.45) is 0 Å². The Balaban J connectivity index is 1.65. The van der Waals surface area contributed by atoms with Gasteiger partial charge in [0, 0.05) is 16.8 Å². The van der Waals surface area contributed by atoms with Crippen LogP contribution in [0.5, 0.6) is 17.2 Å². The van der Waals surface area contributed by atoms with Gasteiger partial charge >= 0.3 is 0 Å². The average molecular weight is 297 g/mol. The molecule has 4 heteroatoms. The molecule has 22 heavy (non-hydrogen) atoms. The zero-order valence-electron chi connectivity index (χ0n) is 12.7. The first-order valence-electron chi connectivity index (χ1n) is 7.64. The molecule has 2 aliphatic rings. The second-order valence-corrected chi connectivity index (χ2v) is 5.64.